The Labute approximate surface area is 108 Å². The molecule has 1 unspecified atom stereocenters. The van der Waals surface area contributed by atoms with E-state index in [1.165, 1.54) is 45.2 Å². The summed E-state index contributed by atoms with van der Waals surface area (Å²) in [6.07, 6.45) is 6.72. The highest BCUT2D eigenvalue weighted by molar-refractivity contribution is 4.84. The average molecular weight is 240 g/mol. The van der Waals surface area contributed by atoms with Crippen LogP contribution in [0.1, 0.15) is 59.8 Å². The molecule has 2 N–H and O–H groups in total. The highest BCUT2D eigenvalue weighted by atomic mass is 15.2. The zero-order chi connectivity index (χ0) is 12.9. The molecule has 0 heterocycles. The molecule has 0 saturated heterocycles. The van der Waals surface area contributed by atoms with Gasteiger partial charge >= 0.3 is 0 Å². The number of hydrogen-bond acceptors (Lipinski definition) is 2. The average Bonchev–Trinajstić information content (AvgIpc) is 3.05. The van der Waals surface area contributed by atoms with E-state index in [1.54, 1.807) is 0 Å². The van der Waals surface area contributed by atoms with Crippen molar-refractivity contribution in [1.82, 2.24) is 4.90 Å². The van der Waals surface area contributed by atoms with Gasteiger partial charge in [-0.15, -0.1) is 0 Å². The Bertz CT molecular complexity index is 203. The molecule has 1 aliphatic carbocycles. The Morgan fingerprint density at radius 3 is 2.29 bits per heavy atom. The highest BCUT2D eigenvalue weighted by Crippen LogP contribution is 2.33. The first-order valence-corrected chi connectivity index (χ1v) is 7.43. The van der Waals surface area contributed by atoms with Crippen molar-refractivity contribution in [3.63, 3.8) is 0 Å². The maximum Gasteiger partial charge on any atom is 0.00963 e. The van der Waals surface area contributed by atoms with E-state index in [9.17, 15) is 0 Å². The van der Waals surface area contributed by atoms with Gasteiger partial charge in [0.25, 0.3) is 0 Å². The molecular weight excluding hydrogens is 208 g/mol. The van der Waals surface area contributed by atoms with E-state index in [0.717, 1.165) is 18.5 Å². The van der Waals surface area contributed by atoms with Crippen molar-refractivity contribution >= 4 is 0 Å². The molecular formula is C15H32N2. The fraction of sp³-hybridized carbons (Fsp3) is 1.00. The van der Waals surface area contributed by atoms with Crippen LogP contribution in [0.3, 0.4) is 0 Å². The number of nitrogens with two attached hydrogens (primary N) is 1. The Morgan fingerprint density at radius 2 is 1.88 bits per heavy atom. The third kappa shape index (κ3) is 5.39. The summed E-state index contributed by atoms with van der Waals surface area (Å²) in [7, 11) is 0. The SMILES string of the molecule is CCN(CCCC(CCN)C(C)(C)C)C1CC1. The molecule has 0 aromatic carbocycles. The predicted molar refractivity (Wildman–Crippen MR) is 76.1 cm³/mol. The van der Waals surface area contributed by atoms with E-state index < -0.39 is 0 Å². The van der Waals surface area contributed by atoms with E-state index in [-0.39, 0.29) is 0 Å². The summed E-state index contributed by atoms with van der Waals surface area (Å²) in [5.74, 6) is 0.783. The van der Waals surface area contributed by atoms with Crippen LogP contribution >= 0.6 is 0 Å². The summed E-state index contributed by atoms with van der Waals surface area (Å²) in [6.45, 7) is 12.7. The maximum atomic E-state index is 5.73. The second-order valence-corrected chi connectivity index (χ2v) is 6.64. The summed E-state index contributed by atoms with van der Waals surface area (Å²) in [6, 6.07) is 0.919. The van der Waals surface area contributed by atoms with Crippen LogP contribution in [0, 0.1) is 11.3 Å². The molecule has 1 fully saturated rings. The molecule has 102 valence electrons. The van der Waals surface area contributed by atoms with Crippen LogP contribution in [0.15, 0.2) is 0 Å². The summed E-state index contributed by atoms with van der Waals surface area (Å²) in [5.41, 5.74) is 6.14. The Balaban J connectivity index is 2.26. The van der Waals surface area contributed by atoms with Gasteiger partial charge in [0.05, 0.1) is 0 Å². The van der Waals surface area contributed by atoms with Crippen LogP contribution in [-0.2, 0) is 0 Å². The smallest absolute Gasteiger partial charge is 0.00963 e. The first-order chi connectivity index (χ1) is 7.99. The molecule has 0 spiro atoms. The monoisotopic (exact) mass is 240 g/mol. The van der Waals surface area contributed by atoms with Gasteiger partial charge in [-0.1, -0.05) is 27.7 Å². The molecule has 17 heavy (non-hydrogen) atoms. The van der Waals surface area contributed by atoms with Gasteiger partial charge in [-0.05, 0) is 63.1 Å². The molecule has 1 saturated carbocycles. The van der Waals surface area contributed by atoms with Gasteiger partial charge in [-0.3, -0.25) is 0 Å². The molecule has 1 rings (SSSR count). The number of rotatable bonds is 8. The molecule has 1 atom stereocenters. The maximum absolute atomic E-state index is 5.73. The van der Waals surface area contributed by atoms with Crippen molar-refractivity contribution in [2.45, 2.75) is 65.8 Å². The summed E-state index contributed by atoms with van der Waals surface area (Å²) in [5, 5.41) is 0. The first-order valence-electron chi connectivity index (χ1n) is 7.43. The van der Waals surface area contributed by atoms with Gasteiger partial charge in [0.1, 0.15) is 0 Å². The van der Waals surface area contributed by atoms with Crippen LogP contribution in [-0.4, -0.2) is 30.6 Å². The minimum atomic E-state index is 0.413. The molecule has 0 aromatic rings. The second-order valence-electron chi connectivity index (χ2n) is 6.64. The molecule has 1 aliphatic rings. The lowest BCUT2D eigenvalue weighted by Gasteiger charge is -2.31. The van der Waals surface area contributed by atoms with E-state index >= 15 is 0 Å². The largest absolute Gasteiger partial charge is 0.330 e. The molecule has 0 amide bonds. The summed E-state index contributed by atoms with van der Waals surface area (Å²) < 4.78 is 0. The Morgan fingerprint density at radius 1 is 1.24 bits per heavy atom. The Kier molecular flexibility index (Phi) is 5.94. The molecule has 2 nitrogen and oxygen atoms in total. The summed E-state index contributed by atoms with van der Waals surface area (Å²) >= 11 is 0. The van der Waals surface area contributed by atoms with Crippen molar-refractivity contribution in [3.8, 4) is 0 Å². The van der Waals surface area contributed by atoms with Crippen LogP contribution in [0.2, 0.25) is 0 Å². The first kappa shape index (κ1) is 15.0. The topological polar surface area (TPSA) is 29.3 Å². The molecule has 2 heteroatoms. The Hall–Kier alpha value is -0.0800. The van der Waals surface area contributed by atoms with Gasteiger partial charge in [0.2, 0.25) is 0 Å². The normalized spacial score (nSPS) is 18.7. The number of nitrogens with zero attached hydrogens (tertiary/aromatic N) is 1. The molecule has 0 aliphatic heterocycles. The van der Waals surface area contributed by atoms with E-state index in [1.807, 2.05) is 0 Å². The van der Waals surface area contributed by atoms with Gasteiger partial charge in [0.15, 0.2) is 0 Å². The predicted octanol–water partition coefficient (Wildman–Crippen LogP) is 3.26. The fourth-order valence-corrected chi connectivity index (χ4v) is 2.79. The second kappa shape index (κ2) is 6.75. The van der Waals surface area contributed by atoms with Crippen LogP contribution in [0.4, 0.5) is 0 Å². The third-order valence-corrected chi connectivity index (χ3v) is 4.21. The molecule has 0 aromatic heterocycles. The summed E-state index contributed by atoms with van der Waals surface area (Å²) in [4.78, 5) is 2.65. The molecule has 0 bridgehead atoms. The lowest BCUT2D eigenvalue weighted by Crippen LogP contribution is -2.29. The van der Waals surface area contributed by atoms with Crippen molar-refractivity contribution < 1.29 is 0 Å². The minimum Gasteiger partial charge on any atom is -0.330 e. The minimum absolute atomic E-state index is 0.413. The van der Waals surface area contributed by atoms with E-state index in [4.69, 9.17) is 5.73 Å². The van der Waals surface area contributed by atoms with Crippen molar-refractivity contribution in [1.29, 1.82) is 0 Å². The number of hydrogen-bond donors (Lipinski definition) is 1. The van der Waals surface area contributed by atoms with Crippen molar-refractivity contribution in [2.24, 2.45) is 17.1 Å². The fourth-order valence-electron chi connectivity index (χ4n) is 2.79. The van der Waals surface area contributed by atoms with Crippen molar-refractivity contribution in [2.75, 3.05) is 19.6 Å². The zero-order valence-corrected chi connectivity index (χ0v) is 12.3. The molecule has 0 radical (unpaired) electrons. The van der Waals surface area contributed by atoms with Gasteiger partial charge in [0, 0.05) is 6.04 Å². The van der Waals surface area contributed by atoms with Gasteiger partial charge < -0.3 is 10.6 Å². The van der Waals surface area contributed by atoms with Gasteiger partial charge in [-0.25, -0.2) is 0 Å². The van der Waals surface area contributed by atoms with E-state index in [2.05, 4.69) is 32.6 Å². The third-order valence-electron chi connectivity index (χ3n) is 4.21. The van der Waals surface area contributed by atoms with Crippen LogP contribution < -0.4 is 5.73 Å². The lowest BCUT2D eigenvalue weighted by atomic mass is 9.76. The van der Waals surface area contributed by atoms with Crippen molar-refractivity contribution in [3.05, 3.63) is 0 Å². The standard InChI is InChI=1S/C15H32N2/c1-5-17(14-8-9-14)12-6-7-13(10-11-16)15(2,3)4/h13-14H,5-12,16H2,1-4H3. The zero-order valence-electron chi connectivity index (χ0n) is 12.3. The van der Waals surface area contributed by atoms with Crippen LogP contribution in [0.25, 0.3) is 0 Å². The highest BCUT2D eigenvalue weighted by Gasteiger charge is 2.28. The van der Waals surface area contributed by atoms with Crippen LogP contribution in [0.5, 0.6) is 0 Å². The quantitative estimate of drug-likeness (QED) is 0.705. The van der Waals surface area contributed by atoms with Gasteiger partial charge in [-0.2, -0.15) is 0 Å². The van der Waals surface area contributed by atoms with E-state index in [0.29, 0.717) is 5.41 Å². The lowest BCUT2D eigenvalue weighted by molar-refractivity contribution is 0.193.